The average molecular weight is 296 g/mol. The van der Waals surface area contributed by atoms with Gasteiger partial charge in [0, 0.05) is 12.6 Å². The normalized spacial score (nSPS) is 15.1. The van der Waals surface area contributed by atoms with Crippen LogP contribution in [-0.4, -0.2) is 31.8 Å². The topological polar surface area (TPSA) is 80.5 Å². The molecule has 0 aromatic heterocycles. The third kappa shape index (κ3) is 3.37. The van der Waals surface area contributed by atoms with Crippen molar-refractivity contribution in [1.82, 2.24) is 4.90 Å². The van der Waals surface area contributed by atoms with Crippen LogP contribution in [0.25, 0.3) is 0 Å². The maximum absolute atomic E-state index is 12.6. The summed E-state index contributed by atoms with van der Waals surface area (Å²) in [5.41, 5.74) is 0.179. The fourth-order valence-electron chi connectivity index (χ4n) is 2.21. The molecule has 1 saturated carbocycles. The van der Waals surface area contributed by atoms with Crippen LogP contribution in [0.3, 0.4) is 0 Å². The quantitative estimate of drug-likeness (QED) is 0.868. The second-order valence-electron chi connectivity index (χ2n) is 5.12. The molecule has 6 heteroatoms. The van der Waals surface area contributed by atoms with Crippen molar-refractivity contribution >= 4 is 15.9 Å². The zero-order chi connectivity index (χ0) is 14.8. The maximum Gasteiger partial charge on any atom is 0.255 e. The molecule has 110 valence electrons. The molecule has 1 aliphatic carbocycles. The van der Waals surface area contributed by atoms with Crippen molar-refractivity contribution in [2.45, 2.75) is 43.5 Å². The van der Waals surface area contributed by atoms with Crippen LogP contribution in [0, 0.1) is 0 Å². The molecule has 0 heterocycles. The lowest BCUT2D eigenvalue weighted by molar-refractivity contribution is 0.0737. The predicted octanol–water partition coefficient (Wildman–Crippen LogP) is 1.74. The lowest BCUT2D eigenvalue weighted by atomic mass is 10.2. The summed E-state index contributed by atoms with van der Waals surface area (Å²) < 4.78 is 23.2. The van der Waals surface area contributed by atoms with Crippen LogP contribution in [0.1, 0.15) is 43.0 Å². The van der Waals surface area contributed by atoms with Crippen molar-refractivity contribution in [3.63, 3.8) is 0 Å². The largest absolute Gasteiger partial charge is 0.336 e. The highest BCUT2D eigenvalue weighted by atomic mass is 32.2. The number of benzene rings is 1. The zero-order valence-corrected chi connectivity index (χ0v) is 12.4. The van der Waals surface area contributed by atoms with E-state index in [2.05, 4.69) is 6.92 Å². The van der Waals surface area contributed by atoms with Gasteiger partial charge in [0.05, 0.1) is 10.5 Å². The molecule has 1 fully saturated rings. The molecule has 0 unspecified atom stereocenters. The van der Waals surface area contributed by atoms with Crippen molar-refractivity contribution in [2.24, 2.45) is 5.14 Å². The molecule has 1 aromatic rings. The number of sulfonamides is 1. The van der Waals surface area contributed by atoms with Crippen molar-refractivity contribution in [3.05, 3.63) is 29.8 Å². The van der Waals surface area contributed by atoms with Crippen LogP contribution in [0.4, 0.5) is 0 Å². The minimum Gasteiger partial charge on any atom is -0.336 e. The van der Waals surface area contributed by atoms with E-state index in [9.17, 15) is 13.2 Å². The van der Waals surface area contributed by atoms with Crippen molar-refractivity contribution < 1.29 is 13.2 Å². The Kier molecular flexibility index (Phi) is 4.45. The summed E-state index contributed by atoms with van der Waals surface area (Å²) in [6.07, 6.45) is 3.90. The molecular formula is C14H20N2O3S. The fraction of sp³-hybridized carbons (Fsp3) is 0.500. The summed E-state index contributed by atoms with van der Waals surface area (Å²) in [6.45, 7) is 2.73. The first-order valence-electron chi connectivity index (χ1n) is 6.88. The first-order valence-corrected chi connectivity index (χ1v) is 8.42. The Labute approximate surface area is 119 Å². The second kappa shape index (κ2) is 5.93. The molecule has 0 radical (unpaired) electrons. The molecule has 1 amide bonds. The van der Waals surface area contributed by atoms with Gasteiger partial charge in [0.1, 0.15) is 0 Å². The van der Waals surface area contributed by atoms with Crippen LogP contribution >= 0.6 is 0 Å². The highest BCUT2D eigenvalue weighted by molar-refractivity contribution is 7.89. The maximum atomic E-state index is 12.6. The van der Waals surface area contributed by atoms with E-state index >= 15 is 0 Å². The molecule has 0 spiro atoms. The average Bonchev–Trinajstić information content (AvgIpc) is 3.22. The zero-order valence-electron chi connectivity index (χ0n) is 11.6. The number of unbranched alkanes of at least 4 members (excludes halogenated alkanes) is 1. The van der Waals surface area contributed by atoms with Crippen LogP contribution in [0.15, 0.2) is 29.2 Å². The monoisotopic (exact) mass is 296 g/mol. The first kappa shape index (κ1) is 15.0. The Bertz CT molecular complexity index is 594. The Morgan fingerprint density at radius 1 is 1.35 bits per heavy atom. The third-order valence-corrected chi connectivity index (χ3v) is 4.39. The van der Waals surface area contributed by atoms with E-state index < -0.39 is 10.0 Å². The van der Waals surface area contributed by atoms with E-state index in [1.807, 2.05) is 0 Å². The van der Waals surface area contributed by atoms with Gasteiger partial charge < -0.3 is 4.90 Å². The van der Waals surface area contributed by atoms with E-state index in [0.29, 0.717) is 6.54 Å². The summed E-state index contributed by atoms with van der Waals surface area (Å²) in [5, 5.41) is 5.19. The SMILES string of the molecule is CCCCN(C(=O)c1ccccc1S(N)(=O)=O)C1CC1. The molecule has 0 atom stereocenters. The smallest absolute Gasteiger partial charge is 0.255 e. The van der Waals surface area contributed by atoms with Gasteiger partial charge in [-0.05, 0) is 31.4 Å². The number of primary sulfonamides is 1. The van der Waals surface area contributed by atoms with Crippen LogP contribution in [-0.2, 0) is 10.0 Å². The van der Waals surface area contributed by atoms with Gasteiger partial charge in [-0.3, -0.25) is 4.79 Å². The molecule has 2 N–H and O–H groups in total. The van der Waals surface area contributed by atoms with Crippen molar-refractivity contribution in [1.29, 1.82) is 0 Å². The van der Waals surface area contributed by atoms with E-state index in [1.54, 1.807) is 17.0 Å². The van der Waals surface area contributed by atoms with Crippen LogP contribution < -0.4 is 5.14 Å². The van der Waals surface area contributed by atoms with E-state index in [0.717, 1.165) is 25.7 Å². The highest BCUT2D eigenvalue weighted by Gasteiger charge is 2.34. The predicted molar refractivity (Wildman–Crippen MR) is 76.8 cm³/mol. The molecule has 0 bridgehead atoms. The number of carbonyl (C=O) groups is 1. The molecule has 0 saturated heterocycles. The lowest BCUT2D eigenvalue weighted by Gasteiger charge is -2.23. The summed E-state index contributed by atoms with van der Waals surface area (Å²) in [7, 11) is -3.89. The molecule has 2 rings (SSSR count). The Hall–Kier alpha value is -1.40. The van der Waals surface area contributed by atoms with Gasteiger partial charge in [0.25, 0.3) is 5.91 Å². The minimum absolute atomic E-state index is 0.0906. The number of carbonyl (C=O) groups excluding carboxylic acids is 1. The number of amides is 1. The first-order chi connectivity index (χ1) is 9.45. The van der Waals surface area contributed by atoms with Crippen LogP contribution in [0.2, 0.25) is 0 Å². The summed E-state index contributed by atoms with van der Waals surface area (Å²) in [6, 6.07) is 6.40. The molecule has 1 aromatic carbocycles. The van der Waals surface area contributed by atoms with Gasteiger partial charge in [-0.2, -0.15) is 0 Å². The molecule has 0 aliphatic heterocycles. The Morgan fingerprint density at radius 3 is 2.55 bits per heavy atom. The molecule has 20 heavy (non-hydrogen) atoms. The standard InChI is InChI=1S/C14H20N2O3S/c1-2-3-10-16(11-8-9-11)14(17)12-6-4-5-7-13(12)20(15,18)19/h4-7,11H,2-3,8-10H2,1H3,(H2,15,18,19). The van der Waals surface area contributed by atoms with Gasteiger partial charge in [-0.25, -0.2) is 13.6 Å². The lowest BCUT2D eigenvalue weighted by Crippen LogP contribution is -2.35. The number of hydrogen-bond donors (Lipinski definition) is 1. The van der Waals surface area contributed by atoms with Crippen molar-refractivity contribution in [3.8, 4) is 0 Å². The molecular weight excluding hydrogens is 276 g/mol. The van der Waals surface area contributed by atoms with Crippen molar-refractivity contribution in [2.75, 3.05) is 6.54 Å². The Morgan fingerprint density at radius 2 is 2.00 bits per heavy atom. The Balaban J connectivity index is 2.32. The number of rotatable bonds is 6. The third-order valence-electron chi connectivity index (χ3n) is 3.43. The minimum atomic E-state index is -3.89. The molecule has 1 aliphatic rings. The van der Waals surface area contributed by atoms with Gasteiger partial charge >= 0.3 is 0 Å². The summed E-state index contributed by atoms with van der Waals surface area (Å²) in [4.78, 5) is 14.3. The van der Waals surface area contributed by atoms with E-state index in [4.69, 9.17) is 5.14 Å². The highest BCUT2D eigenvalue weighted by Crippen LogP contribution is 2.29. The van der Waals surface area contributed by atoms with E-state index in [-0.39, 0.29) is 22.4 Å². The van der Waals surface area contributed by atoms with Crippen LogP contribution in [0.5, 0.6) is 0 Å². The number of nitrogens with two attached hydrogens (primary N) is 1. The fourth-order valence-corrected chi connectivity index (χ4v) is 2.94. The molecule has 5 nitrogen and oxygen atoms in total. The summed E-state index contributed by atoms with van der Waals surface area (Å²) >= 11 is 0. The second-order valence-corrected chi connectivity index (χ2v) is 6.65. The van der Waals surface area contributed by atoms with Gasteiger partial charge in [-0.15, -0.1) is 0 Å². The summed E-state index contributed by atoms with van der Waals surface area (Å²) in [5.74, 6) is -0.231. The number of nitrogens with zero attached hydrogens (tertiary/aromatic N) is 1. The van der Waals surface area contributed by atoms with Gasteiger partial charge in [-0.1, -0.05) is 25.5 Å². The van der Waals surface area contributed by atoms with Gasteiger partial charge in [0.15, 0.2) is 0 Å². The van der Waals surface area contributed by atoms with E-state index in [1.165, 1.54) is 12.1 Å². The van der Waals surface area contributed by atoms with Gasteiger partial charge in [0.2, 0.25) is 10.0 Å². The number of hydrogen-bond acceptors (Lipinski definition) is 3.